The minimum absolute atomic E-state index is 0.00722. The molecular weight excluding hydrogens is 476 g/mol. The molecule has 5 nitrogen and oxygen atoms in total. The van der Waals surface area contributed by atoms with Crippen LogP contribution in [0.1, 0.15) is 34.0 Å². The van der Waals surface area contributed by atoms with Gasteiger partial charge in [-0.1, -0.05) is 26.0 Å². The van der Waals surface area contributed by atoms with E-state index in [1.807, 2.05) is 59.3 Å². The molecule has 0 spiro atoms. The van der Waals surface area contributed by atoms with Gasteiger partial charge >= 0.3 is 0 Å². The quantitative estimate of drug-likeness (QED) is 0.348. The van der Waals surface area contributed by atoms with Crippen molar-refractivity contribution in [1.29, 1.82) is 0 Å². The lowest BCUT2D eigenvalue weighted by molar-refractivity contribution is -0.113. The highest BCUT2D eigenvalue weighted by Gasteiger charge is 2.29. The third-order valence-electron chi connectivity index (χ3n) is 5.98. The summed E-state index contributed by atoms with van der Waals surface area (Å²) in [6.07, 6.45) is 3.81. The molecule has 3 heterocycles. The van der Waals surface area contributed by atoms with Crippen LogP contribution in [0.2, 0.25) is 0 Å². The van der Waals surface area contributed by atoms with Crippen LogP contribution in [-0.4, -0.2) is 60.8 Å². The number of hydrogen-bond acceptors (Lipinski definition) is 6. The number of piperidine rings is 1. The van der Waals surface area contributed by atoms with Gasteiger partial charge in [-0.2, -0.15) is 0 Å². The van der Waals surface area contributed by atoms with Crippen LogP contribution in [0.15, 0.2) is 70.4 Å². The summed E-state index contributed by atoms with van der Waals surface area (Å²) in [6, 6.07) is 15.2. The van der Waals surface area contributed by atoms with Crippen LogP contribution in [0, 0.1) is 0 Å². The molecule has 3 aromatic rings. The predicted octanol–water partition coefficient (Wildman–Crippen LogP) is 5.72. The minimum atomic E-state index is -0.0960. The first-order valence-electron chi connectivity index (χ1n) is 11.8. The monoisotopic (exact) mass is 506 g/mol. The Kier molecular flexibility index (Phi) is 8.69. The van der Waals surface area contributed by atoms with Gasteiger partial charge in [0.2, 0.25) is 0 Å². The second-order valence-corrected chi connectivity index (χ2v) is 10.2. The Morgan fingerprint density at radius 3 is 2.00 bits per heavy atom. The maximum absolute atomic E-state index is 13.4. The summed E-state index contributed by atoms with van der Waals surface area (Å²) in [5.74, 6) is 0.660. The number of ketones is 1. The average Bonchev–Trinajstić information content (AvgIpc) is 3.59. The molecule has 1 aliphatic heterocycles. The molecule has 0 radical (unpaired) electrons. The van der Waals surface area contributed by atoms with Crippen molar-refractivity contribution in [1.82, 2.24) is 9.80 Å². The SMILES string of the molecule is CCN(CC)CCOc1ccc(C(=O)N2CC(=Cc3cccs3)C(=O)C(=Cc3cccs3)C2)cc1. The number of nitrogens with zero attached hydrogens (tertiary/aromatic N) is 2. The van der Waals surface area contributed by atoms with Crippen LogP contribution in [0.3, 0.4) is 0 Å². The summed E-state index contributed by atoms with van der Waals surface area (Å²) in [4.78, 5) is 32.7. The number of ether oxygens (including phenoxy) is 1. The highest BCUT2D eigenvalue weighted by atomic mass is 32.1. The van der Waals surface area contributed by atoms with Crippen LogP contribution in [0.25, 0.3) is 12.2 Å². The first-order chi connectivity index (χ1) is 17.1. The van der Waals surface area contributed by atoms with Crippen molar-refractivity contribution in [3.05, 3.63) is 85.8 Å². The largest absolute Gasteiger partial charge is 0.492 e. The van der Waals surface area contributed by atoms with Crippen molar-refractivity contribution < 1.29 is 14.3 Å². The van der Waals surface area contributed by atoms with Crippen LogP contribution >= 0.6 is 22.7 Å². The van der Waals surface area contributed by atoms with Gasteiger partial charge in [-0.3, -0.25) is 9.59 Å². The first kappa shape index (κ1) is 25.1. The van der Waals surface area contributed by atoms with Crippen LogP contribution < -0.4 is 4.74 Å². The van der Waals surface area contributed by atoms with E-state index in [1.165, 1.54) is 0 Å². The maximum atomic E-state index is 13.4. The van der Waals surface area contributed by atoms with Gasteiger partial charge in [0, 0.05) is 33.0 Å². The Hall–Kier alpha value is -3.00. The molecule has 1 fully saturated rings. The van der Waals surface area contributed by atoms with Gasteiger partial charge in [-0.25, -0.2) is 0 Å². The number of rotatable bonds is 9. The zero-order valence-electron chi connectivity index (χ0n) is 20.1. The molecule has 0 saturated carbocycles. The molecule has 1 aliphatic rings. The summed E-state index contributed by atoms with van der Waals surface area (Å²) in [7, 11) is 0. The topological polar surface area (TPSA) is 49.9 Å². The van der Waals surface area contributed by atoms with Crippen molar-refractivity contribution in [2.45, 2.75) is 13.8 Å². The Balaban J connectivity index is 1.50. The Bertz CT molecular complexity index is 1120. The third kappa shape index (κ3) is 6.57. The molecule has 0 atom stereocenters. The molecule has 4 rings (SSSR count). The van der Waals surface area contributed by atoms with Gasteiger partial charge in [0.05, 0.1) is 13.1 Å². The number of amides is 1. The number of carbonyl (C=O) groups excluding carboxylic acids is 2. The number of Topliss-reactive ketones (excluding diaryl/α,β-unsaturated/α-hetero) is 1. The molecule has 7 heteroatoms. The fourth-order valence-electron chi connectivity index (χ4n) is 3.98. The van der Waals surface area contributed by atoms with E-state index in [0.717, 1.165) is 35.1 Å². The van der Waals surface area contributed by atoms with E-state index >= 15 is 0 Å². The normalized spacial score (nSPS) is 16.4. The van der Waals surface area contributed by atoms with Gasteiger partial charge in [-0.15, -0.1) is 22.7 Å². The van der Waals surface area contributed by atoms with Gasteiger partial charge in [0.15, 0.2) is 5.78 Å². The molecule has 0 aliphatic carbocycles. The molecule has 1 saturated heterocycles. The van der Waals surface area contributed by atoms with Crippen LogP contribution in [-0.2, 0) is 4.79 Å². The van der Waals surface area contributed by atoms with Crippen LogP contribution in [0.4, 0.5) is 0 Å². The molecule has 182 valence electrons. The number of hydrogen-bond donors (Lipinski definition) is 0. The molecule has 1 amide bonds. The van der Waals surface area contributed by atoms with Crippen molar-refractivity contribution in [3.8, 4) is 5.75 Å². The molecular formula is C28H30N2O3S2. The standard InChI is InChI=1S/C28H30N2O3S2/c1-3-29(4-2)13-14-33-24-11-9-21(10-12-24)28(32)30-19-22(17-25-7-5-15-34-25)27(31)23(20-30)18-26-8-6-16-35-26/h5-12,15-18H,3-4,13-14,19-20H2,1-2H3. The molecule has 0 N–H and O–H groups in total. The van der Waals surface area contributed by atoms with E-state index in [-0.39, 0.29) is 11.7 Å². The number of carbonyl (C=O) groups is 2. The average molecular weight is 507 g/mol. The van der Waals surface area contributed by atoms with Crippen molar-refractivity contribution in [3.63, 3.8) is 0 Å². The lowest BCUT2D eigenvalue weighted by atomic mass is 9.95. The van der Waals surface area contributed by atoms with E-state index in [9.17, 15) is 9.59 Å². The van der Waals surface area contributed by atoms with Gasteiger partial charge < -0.3 is 14.5 Å². The number of benzene rings is 1. The Morgan fingerprint density at radius 1 is 0.943 bits per heavy atom. The minimum Gasteiger partial charge on any atom is -0.492 e. The van der Waals surface area contributed by atoms with Crippen molar-refractivity contribution >= 4 is 46.5 Å². The summed E-state index contributed by atoms with van der Waals surface area (Å²) in [5.41, 5.74) is 1.85. The molecule has 0 bridgehead atoms. The molecule has 0 unspecified atom stereocenters. The lowest BCUT2D eigenvalue weighted by Crippen LogP contribution is -2.41. The van der Waals surface area contributed by atoms with E-state index < -0.39 is 0 Å². The third-order valence-corrected chi connectivity index (χ3v) is 7.62. The van der Waals surface area contributed by atoms with Crippen molar-refractivity contribution in [2.24, 2.45) is 0 Å². The van der Waals surface area contributed by atoms with Crippen LogP contribution in [0.5, 0.6) is 5.75 Å². The van der Waals surface area contributed by atoms with Gasteiger partial charge in [0.1, 0.15) is 12.4 Å². The number of likely N-dealkylation sites (tertiary alicyclic amines) is 1. The zero-order valence-corrected chi connectivity index (χ0v) is 21.7. The predicted molar refractivity (Wildman–Crippen MR) is 145 cm³/mol. The van der Waals surface area contributed by atoms with E-state index in [2.05, 4.69) is 18.7 Å². The van der Waals surface area contributed by atoms with Gasteiger partial charge in [-0.05, 0) is 72.4 Å². The van der Waals surface area contributed by atoms with Gasteiger partial charge in [0.25, 0.3) is 5.91 Å². The summed E-state index contributed by atoms with van der Waals surface area (Å²) >= 11 is 3.15. The molecule has 1 aromatic carbocycles. The Morgan fingerprint density at radius 2 is 1.51 bits per heavy atom. The molecule has 35 heavy (non-hydrogen) atoms. The first-order valence-corrected chi connectivity index (χ1v) is 13.6. The fraction of sp³-hybridized carbons (Fsp3) is 0.286. The number of thiophene rings is 2. The second-order valence-electron chi connectivity index (χ2n) is 8.26. The highest BCUT2D eigenvalue weighted by molar-refractivity contribution is 7.11. The summed E-state index contributed by atoms with van der Waals surface area (Å²) in [5, 5.41) is 3.97. The van der Waals surface area contributed by atoms with Crippen molar-refractivity contribution in [2.75, 3.05) is 39.3 Å². The smallest absolute Gasteiger partial charge is 0.254 e. The highest BCUT2D eigenvalue weighted by Crippen LogP contribution is 2.26. The summed E-state index contributed by atoms with van der Waals surface area (Å²) in [6.45, 7) is 8.33. The maximum Gasteiger partial charge on any atom is 0.254 e. The van der Waals surface area contributed by atoms with E-state index in [4.69, 9.17) is 4.74 Å². The van der Waals surface area contributed by atoms with E-state index in [0.29, 0.717) is 36.4 Å². The fourth-order valence-corrected chi connectivity index (χ4v) is 5.35. The zero-order chi connectivity index (χ0) is 24.6. The molecule has 2 aromatic heterocycles. The van der Waals surface area contributed by atoms with E-state index in [1.54, 1.807) is 39.7 Å². The second kappa shape index (κ2) is 12.1. The summed E-state index contributed by atoms with van der Waals surface area (Å²) < 4.78 is 5.86. The number of likely N-dealkylation sites (N-methyl/N-ethyl adjacent to an activating group) is 1. The Labute approximate surface area is 215 Å². The lowest BCUT2D eigenvalue weighted by Gasteiger charge is -2.30.